The van der Waals surface area contributed by atoms with Gasteiger partial charge in [-0.25, -0.2) is 8.78 Å². The molecular weight excluding hydrogens is 348 g/mol. The standard InChI is InChI=1S/C13H14BrF2N3O2/c14-8-1-3-9(4-2-8)19-11(20)6-17-12(21)10-5-13(15,16)7-18-10/h1-4,10,18H,5-7H2,(H,17,21)(H,19,20). The molecule has 1 unspecified atom stereocenters. The van der Waals surface area contributed by atoms with Gasteiger partial charge >= 0.3 is 0 Å². The predicted octanol–water partition coefficient (Wildman–Crippen LogP) is 1.50. The highest BCUT2D eigenvalue weighted by Gasteiger charge is 2.42. The van der Waals surface area contributed by atoms with Gasteiger partial charge in [-0.05, 0) is 24.3 Å². The Bertz CT molecular complexity index is 537. The summed E-state index contributed by atoms with van der Waals surface area (Å²) in [5.41, 5.74) is 0.586. The van der Waals surface area contributed by atoms with Crippen molar-refractivity contribution in [1.82, 2.24) is 10.6 Å². The summed E-state index contributed by atoms with van der Waals surface area (Å²) in [6.45, 7) is -0.783. The smallest absolute Gasteiger partial charge is 0.262 e. The van der Waals surface area contributed by atoms with Gasteiger partial charge in [0.15, 0.2) is 0 Å². The molecule has 21 heavy (non-hydrogen) atoms. The van der Waals surface area contributed by atoms with Gasteiger partial charge in [-0.15, -0.1) is 0 Å². The van der Waals surface area contributed by atoms with Crippen LogP contribution in [0, 0.1) is 0 Å². The molecule has 0 aromatic heterocycles. The zero-order valence-corrected chi connectivity index (χ0v) is 12.5. The van der Waals surface area contributed by atoms with Gasteiger partial charge < -0.3 is 10.6 Å². The molecule has 0 saturated carbocycles. The van der Waals surface area contributed by atoms with Gasteiger partial charge in [-0.1, -0.05) is 15.9 Å². The number of carbonyl (C=O) groups excluding carboxylic acids is 2. The van der Waals surface area contributed by atoms with Crippen LogP contribution in [0.2, 0.25) is 0 Å². The molecule has 3 N–H and O–H groups in total. The Hall–Kier alpha value is -1.54. The molecule has 8 heteroatoms. The number of hydrogen-bond acceptors (Lipinski definition) is 3. The van der Waals surface area contributed by atoms with E-state index in [4.69, 9.17) is 0 Å². The fourth-order valence-corrected chi connectivity index (χ4v) is 2.19. The molecule has 0 radical (unpaired) electrons. The molecule has 0 bridgehead atoms. The van der Waals surface area contributed by atoms with E-state index in [1.807, 2.05) is 0 Å². The van der Waals surface area contributed by atoms with E-state index in [-0.39, 0.29) is 6.54 Å². The van der Waals surface area contributed by atoms with Gasteiger partial charge in [0.1, 0.15) is 0 Å². The molecule has 2 rings (SSSR count). The van der Waals surface area contributed by atoms with Crippen LogP contribution in [0.5, 0.6) is 0 Å². The zero-order valence-electron chi connectivity index (χ0n) is 11.0. The van der Waals surface area contributed by atoms with Crippen molar-refractivity contribution in [3.63, 3.8) is 0 Å². The Kier molecular flexibility index (Phi) is 4.89. The van der Waals surface area contributed by atoms with E-state index < -0.39 is 36.7 Å². The van der Waals surface area contributed by atoms with Crippen LogP contribution >= 0.6 is 15.9 Å². The fraction of sp³-hybridized carbons (Fsp3) is 0.385. The Morgan fingerprint density at radius 3 is 2.57 bits per heavy atom. The normalized spacial score (nSPS) is 20.0. The summed E-state index contributed by atoms with van der Waals surface area (Å²) in [4.78, 5) is 23.3. The number of nitrogens with one attached hydrogen (secondary N) is 3. The van der Waals surface area contributed by atoms with E-state index in [9.17, 15) is 18.4 Å². The van der Waals surface area contributed by atoms with Crippen LogP contribution in [0.1, 0.15) is 6.42 Å². The van der Waals surface area contributed by atoms with Crippen LogP contribution < -0.4 is 16.0 Å². The first-order valence-electron chi connectivity index (χ1n) is 6.30. The first-order valence-corrected chi connectivity index (χ1v) is 7.09. The average Bonchev–Trinajstić information content (AvgIpc) is 2.79. The van der Waals surface area contributed by atoms with E-state index in [1.54, 1.807) is 24.3 Å². The van der Waals surface area contributed by atoms with Crippen LogP contribution in [0.4, 0.5) is 14.5 Å². The minimum atomic E-state index is -2.87. The first-order chi connectivity index (χ1) is 9.85. The average molecular weight is 362 g/mol. The number of amides is 2. The van der Waals surface area contributed by atoms with Crippen LogP contribution in [0.25, 0.3) is 0 Å². The molecule has 0 spiro atoms. The fourth-order valence-electron chi connectivity index (χ4n) is 1.93. The molecule has 0 aliphatic carbocycles. The molecule has 1 saturated heterocycles. The van der Waals surface area contributed by atoms with Gasteiger partial charge in [0.2, 0.25) is 11.8 Å². The van der Waals surface area contributed by atoms with E-state index in [1.165, 1.54) is 0 Å². The van der Waals surface area contributed by atoms with Crippen molar-refractivity contribution in [3.8, 4) is 0 Å². The maximum absolute atomic E-state index is 12.9. The van der Waals surface area contributed by atoms with Crippen molar-refractivity contribution >= 4 is 33.4 Å². The van der Waals surface area contributed by atoms with Crippen LogP contribution in [-0.2, 0) is 9.59 Å². The summed E-state index contributed by atoms with van der Waals surface area (Å²) in [5, 5.41) is 7.35. The number of benzene rings is 1. The lowest BCUT2D eigenvalue weighted by molar-refractivity contribution is -0.125. The number of rotatable bonds is 4. The van der Waals surface area contributed by atoms with Crippen molar-refractivity contribution in [2.75, 3.05) is 18.4 Å². The van der Waals surface area contributed by atoms with E-state index in [2.05, 4.69) is 31.9 Å². The Labute approximate surface area is 128 Å². The number of hydrogen-bond donors (Lipinski definition) is 3. The molecule has 1 aromatic carbocycles. The lowest BCUT2D eigenvalue weighted by atomic mass is 10.2. The molecular formula is C13H14BrF2N3O2. The number of alkyl halides is 2. The van der Waals surface area contributed by atoms with Gasteiger partial charge in [0, 0.05) is 16.6 Å². The van der Waals surface area contributed by atoms with E-state index in [0.29, 0.717) is 5.69 Å². The molecule has 5 nitrogen and oxygen atoms in total. The van der Waals surface area contributed by atoms with E-state index >= 15 is 0 Å². The minimum absolute atomic E-state index is 0.265. The largest absolute Gasteiger partial charge is 0.346 e. The van der Waals surface area contributed by atoms with Gasteiger partial charge in [-0.2, -0.15) is 0 Å². The van der Waals surface area contributed by atoms with Crippen molar-refractivity contribution in [2.24, 2.45) is 0 Å². The molecule has 114 valence electrons. The van der Waals surface area contributed by atoms with Gasteiger partial charge in [0.05, 0.1) is 19.1 Å². The molecule has 2 amide bonds. The van der Waals surface area contributed by atoms with Crippen molar-refractivity contribution in [2.45, 2.75) is 18.4 Å². The molecule has 1 fully saturated rings. The maximum Gasteiger partial charge on any atom is 0.262 e. The summed E-state index contributed by atoms with van der Waals surface area (Å²) in [5.74, 6) is -3.89. The second kappa shape index (κ2) is 6.48. The van der Waals surface area contributed by atoms with Gasteiger partial charge in [0.25, 0.3) is 5.92 Å². The van der Waals surface area contributed by atoms with Crippen molar-refractivity contribution in [3.05, 3.63) is 28.7 Å². The molecule has 1 heterocycles. The Morgan fingerprint density at radius 2 is 2.00 bits per heavy atom. The number of halogens is 3. The molecule has 1 atom stereocenters. The lowest BCUT2D eigenvalue weighted by Crippen LogP contribution is -2.43. The quantitative estimate of drug-likeness (QED) is 0.761. The Morgan fingerprint density at radius 1 is 1.33 bits per heavy atom. The topological polar surface area (TPSA) is 70.2 Å². The molecule has 1 aliphatic heterocycles. The summed E-state index contributed by atoms with van der Waals surface area (Å²) >= 11 is 3.27. The molecule has 1 aliphatic rings. The van der Waals surface area contributed by atoms with Crippen LogP contribution in [-0.4, -0.2) is 36.9 Å². The highest BCUT2D eigenvalue weighted by Crippen LogP contribution is 2.24. The lowest BCUT2D eigenvalue weighted by Gasteiger charge is -2.11. The zero-order chi connectivity index (χ0) is 15.5. The summed E-state index contributed by atoms with van der Waals surface area (Å²) in [7, 11) is 0. The third-order valence-corrected chi connectivity index (χ3v) is 3.51. The van der Waals surface area contributed by atoms with Crippen molar-refractivity contribution in [1.29, 1.82) is 0 Å². The third kappa shape index (κ3) is 4.75. The number of anilines is 1. The highest BCUT2D eigenvalue weighted by atomic mass is 79.9. The monoisotopic (exact) mass is 361 g/mol. The SMILES string of the molecule is O=C(CNC(=O)C1CC(F)(F)CN1)Nc1ccc(Br)cc1. The van der Waals surface area contributed by atoms with Crippen LogP contribution in [0.15, 0.2) is 28.7 Å². The second-order valence-electron chi connectivity index (χ2n) is 4.77. The maximum atomic E-state index is 12.9. The van der Waals surface area contributed by atoms with Crippen molar-refractivity contribution < 1.29 is 18.4 Å². The van der Waals surface area contributed by atoms with Crippen LogP contribution in [0.3, 0.4) is 0 Å². The first kappa shape index (κ1) is 15.8. The molecule has 1 aromatic rings. The minimum Gasteiger partial charge on any atom is -0.346 e. The number of carbonyl (C=O) groups is 2. The Balaban J connectivity index is 1.76. The summed E-state index contributed by atoms with van der Waals surface area (Å²) in [6, 6.07) is 5.96. The summed E-state index contributed by atoms with van der Waals surface area (Å²) in [6.07, 6.45) is -0.548. The third-order valence-electron chi connectivity index (χ3n) is 2.98. The van der Waals surface area contributed by atoms with E-state index in [0.717, 1.165) is 4.47 Å². The van der Waals surface area contributed by atoms with Gasteiger partial charge in [-0.3, -0.25) is 14.9 Å². The predicted molar refractivity (Wildman–Crippen MR) is 77.1 cm³/mol. The summed E-state index contributed by atoms with van der Waals surface area (Å²) < 4.78 is 26.8. The highest BCUT2D eigenvalue weighted by molar-refractivity contribution is 9.10. The second-order valence-corrected chi connectivity index (χ2v) is 5.68.